The molecular formula is C27H34F4O. The van der Waals surface area contributed by atoms with Crippen LogP contribution in [0.2, 0.25) is 0 Å². The van der Waals surface area contributed by atoms with Gasteiger partial charge in [-0.15, -0.1) is 13.2 Å². The van der Waals surface area contributed by atoms with Crippen LogP contribution in [-0.2, 0) is 6.42 Å². The Labute approximate surface area is 189 Å². The highest BCUT2D eigenvalue weighted by Crippen LogP contribution is 2.38. The summed E-state index contributed by atoms with van der Waals surface area (Å²) >= 11 is 0. The van der Waals surface area contributed by atoms with E-state index in [1.54, 1.807) is 6.07 Å². The molecule has 0 saturated heterocycles. The van der Waals surface area contributed by atoms with Crippen LogP contribution in [0.15, 0.2) is 42.5 Å². The van der Waals surface area contributed by atoms with Crippen LogP contribution in [0, 0.1) is 11.7 Å². The average molecular weight is 451 g/mol. The van der Waals surface area contributed by atoms with Gasteiger partial charge < -0.3 is 4.74 Å². The summed E-state index contributed by atoms with van der Waals surface area (Å²) in [7, 11) is 0. The fourth-order valence-corrected chi connectivity index (χ4v) is 4.81. The SMILES string of the molecule is CCCCCCCC1CCC(c2ccc(Cc3ccc(OC(F)(F)F)cc3)c(F)c2)CC1. The molecule has 0 bridgehead atoms. The Hall–Kier alpha value is -2.04. The molecule has 0 atom stereocenters. The third-order valence-corrected chi connectivity index (χ3v) is 6.66. The second-order valence-electron chi connectivity index (χ2n) is 9.14. The zero-order valence-corrected chi connectivity index (χ0v) is 18.9. The Morgan fingerprint density at radius 2 is 1.56 bits per heavy atom. The summed E-state index contributed by atoms with van der Waals surface area (Å²) in [5, 5.41) is 0. The molecule has 0 heterocycles. The van der Waals surface area contributed by atoms with Crippen LogP contribution in [0.4, 0.5) is 17.6 Å². The molecule has 1 saturated carbocycles. The first kappa shape index (κ1) is 24.6. The molecule has 0 unspecified atom stereocenters. The highest BCUT2D eigenvalue weighted by molar-refractivity contribution is 5.34. The van der Waals surface area contributed by atoms with Crippen molar-refractivity contribution >= 4 is 0 Å². The van der Waals surface area contributed by atoms with Gasteiger partial charge >= 0.3 is 6.36 Å². The lowest BCUT2D eigenvalue weighted by Gasteiger charge is -2.29. The molecule has 2 aromatic rings. The Bertz CT molecular complexity index is 821. The minimum Gasteiger partial charge on any atom is -0.406 e. The molecule has 1 aliphatic rings. The van der Waals surface area contributed by atoms with E-state index in [0.29, 0.717) is 17.9 Å². The maximum Gasteiger partial charge on any atom is 0.573 e. The molecule has 1 aliphatic carbocycles. The fourth-order valence-electron chi connectivity index (χ4n) is 4.81. The molecule has 176 valence electrons. The number of benzene rings is 2. The molecule has 0 radical (unpaired) electrons. The van der Waals surface area contributed by atoms with Gasteiger partial charge in [-0.05, 0) is 72.4 Å². The topological polar surface area (TPSA) is 9.23 Å². The van der Waals surface area contributed by atoms with Gasteiger partial charge in [-0.2, -0.15) is 0 Å². The fraction of sp³-hybridized carbons (Fsp3) is 0.556. The van der Waals surface area contributed by atoms with Gasteiger partial charge in [-0.1, -0.05) is 69.7 Å². The number of halogens is 4. The van der Waals surface area contributed by atoms with Crippen molar-refractivity contribution in [2.75, 3.05) is 0 Å². The number of ether oxygens (including phenoxy) is 1. The maximum absolute atomic E-state index is 14.8. The van der Waals surface area contributed by atoms with Gasteiger partial charge in [0.2, 0.25) is 0 Å². The van der Waals surface area contributed by atoms with E-state index in [9.17, 15) is 17.6 Å². The average Bonchev–Trinajstić information content (AvgIpc) is 2.76. The predicted molar refractivity (Wildman–Crippen MR) is 120 cm³/mol. The van der Waals surface area contributed by atoms with Crippen LogP contribution < -0.4 is 4.74 Å². The summed E-state index contributed by atoms with van der Waals surface area (Å²) in [6, 6.07) is 11.1. The lowest BCUT2D eigenvalue weighted by atomic mass is 9.77. The van der Waals surface area contributed by atoms with Crippen molar-refractivity contribution in [1.29, 1.82) is 0 Å². The van der Waals surface area contributed by atoms with Crippen molar-refractivity contribution in [2.45, 2.75) is 89.8 Å². The molecule has 2 aromatic carbocycles. The minimum absolute atomic E-state index is 0.240. The summed E-state index contributed by atoms with van der Waals surface area (Å²) in [5.41, 5.74) is 2.37. The zero-order valence-electron chi connectivity index (χ0n) is 18.9. The number of unbranched alkanes of at least 4 members (excludes halogenated alkanes) is 4. The number of hydrogen-bond acceptors (Lipinski definition) is 1. The van der Waals surface area contributed by atoms with Gasteiger partial charge in [0.15, 0.2) is 0 Å². The molecule has 0 aliphatic heterocycles. The monoisotopic (exact) mass is 450 g/mol. The van der Waals surface area contributed by atoms with Gasteiger partial charge in [0.05, 0.1) is 0 Å². The van der Waals surface area contributed by atoms with Crippen LogP contribution >= 0.6 is 0 Å². The van der Waals surface area contributed by atoms with Crippen molar-refractivity contribution in [2.24, 2.45) is 5.92 Å². The molecule has 5 heteroatoms. The Morgan fingerprint density at radius 1 is 0.875 bits per heavy atom. The van der Waals surface area contributed by atoms with E-state index in [4.69, 9.17) is 0 Å². The largest absolute Gasteiger partial charge is 0.573 e. The first-order valence-corrected chi connectivity index (χ1v) is 12.0. The number of alkyl halides is 3. The molecule has 1 fully saturated rings. The summed E-state index contributed by atoms with van der Waals surface area (Å²) in [5.74, 6) is 0.736. The van der Waals surface area contributed by atoms with Gasteiger partial charge in [-0.25, -0.2) is 4.39 Å². The maximum atomic E-state index is 14.8. The Kier molecular flexibility index (Phi) is 9.01. The quantitative estimate of drug-likeness (QED) is 0.259. The van der Waals surface area contributed by atoms with E-state index in [0.717, 1.165) is 29.9 Å². The number of hydrogen-bond donors (Lipinski definition) is 0. The van der Waals surface area contributed by atoms with Crippen LogP contribution in [-0.4, -0.2) is 6.36 Å². The molecule has 0 N–H and O–H groups in total. The summed E-state index contributed by atoms with van der Waals surface area (Å²) < 4.78 is 55.5. The van der Waals surface area contributed by atoms with E-state index >= 15 is 0 Å². The van der Waals surface area contributed by atoms with Crippen molar-refractivity contribution in [1.82, 2.24) is 0 Å². The minimum atomic E-state index is -4.71. The summed E-state index contributed by atoms with van der Waals surface area (Å²) in [6.07, 6.45) is 8.32. The first-order valence-electron chi connectivity index (χ1n) is 12.0. The molecule has 0 spiro atoms. The van der Waals surface area contributed by atoms with E-state index < -0.39 is 6.36 Å². The number of rotatable bonds is 10. The van der Waals surface area contributed by atoms with Crippen LogP contribution in [0.3, 0.4) is 0 Å². The van der Waals surface area contributed by atoms with Crippen LogP contribution in [0.25, 0.3) is 0 Å². The summed E-state index contributed by atoms with van der Waals surface area (Å²) in [6.45, 7) is 2.24. The van der Waals surface area contributed by atoms with Crippen molar-refractivity contribution < 1.29 is 22.3 Å². The lowest BCUT2D eigenvalue weighted by Crippen LogP contribution is -2.17. The molecule has 0 amide bonds. The van der Waals surface area contributed by atoms with Gasteiger partial charge in [-0.3, -0.25) is 0 Å². The van der Waals surface area contributed by atoms with Crippen molar-refractivity contribution in [3.8, 4) is 5.75 Å². The highest BCUT2D eigenvalue weighted by Gasteiger charge is 2.31. The van der Waals surface area contributed by atoms with Crippen LogP contribution in [0.1, 0.15) is 93.7 Å². The van der Waals surface area contributed by atoms with E-state index in [1.807, 2.05) is 12.1 Å². The molecule has 32 heavy (non-hydrogen) atoms. The summed E-state index contributed by atoms with van der Waals surface area (Å²) in [4.78, 5) is 0. The molecule has 0 aromatic heterocycles. The molecule has 1 nitrogen and oxygen atoms in total. The van der Waals surface area contributed by atoms with Gasteiger partial charge in [0.25, 0.3) is 0 Å². The van der Waals surface area contributed by atoms with E-state index in [1.165, 1.54) is 75.6 Å². The predicted octanol–water partition coefficient (Wildman–Crippen LogP) is 8.95. The van der Waals surface area contributed by atoms with E-state index in [-0.39, 0.29) is 11.6 Å². The van der Waals surface area contributed by atoms with Crippen molar-refractivity contribution in [3.63, 3.8) is 0 Å². The molecular weight excluding hydrogens is 416 g/mol. The third-order valence-electron chi connectivity index (χ3n) is 6.66. The van der Waals surface area contributed by atoms with Gasteiger partial charge in [0, 0.05) is 6.42 Å². The molecule has 3 rings (SSSR count). The highest BCUT2D eigenvalue weighted by atomic mass is 19.4. The van der Waals surface area contributed by atoms with E-state index in [2.05, 4.69) is 11.7 Å². The first-order chi connectivity index (χ1) is 15.3. The second-order valence-corrected chi connectivity index (χ2v) is 9.14. The second kappa shape index (κ2) is 11.7. The Morgan fingerprint density at radius 3 is 2.19 bits per heavy atom. The third kappa shape index (κ3) is 7.83. The van der Waals surface area contributed by atoms with Crippen molar-refractivity contribution in [3.05, 3.63) is 65.0 Å². The van der Waals surface area contributed by atoms with Gasteiger partial charge in [0.1, 0.15) is 11.6 Å². The normalized spacial score (nSPS) is 19.2. The lowest BCUT2D eigenvalue weighted by molar-refractivity contribution is -0.274. The Balaban J connectivity index is 1.49. The van der Waals surface area contributed by atoms with Crippen LogP contribution in [0.5, 0.6) is 5.75 Å². The standard InChI is InChI=1S/C27H34F4O/c1-2-3-4-5-6-7-20-8-12-22(13-9-20)23-14-15-24(26(28)19-23)18-21-10-16-25(17-11-21)32-27(29,30)31/h10-11,14-17,19-20,22H,2-9,12-13,18H2,1H3. The smallest absolute Gasteiger partial charge is 0.406 e. The zero-order chi connectivity index (χ0) is 23.0.